The minimum absolute atomic E-state index is 0.573. The van der Waals surface area contributed by atoms with E-state index in [-0.39, 0.29) is 0 Å². The van der Waals surface area contributed by atoms with E-state index in [9.17, 15) is 5.11 Å². The molecule has 1 aliphatic rings. The summed E-state index contributed by atoms with van der Waals surface area (Å²) in [5, 5.41) is 14.5. The lowest BCUT2D eigenvalue weighted by Crippen LogP contribution is -2.05. The summed E-state index contributed by atoms with van der Waals surface area (Å²) < 4.78 is 1.60. The van der Waals surface area contributed by atoms with Crippen molar-refractivity contribution in [3.05, 3.63) is 41.4 Å². The first-order chi connectivity index (χ1) is 7.69. The maximum Gasteiger partial charge on any atom is 0.138 e. The Morgan fingerprint density at radius 1 is 1.38 bits per heavy atom. The van der Waals surface area contributed by atoms with Crippen molar-refractivity contribution in [2.75, 3.05) is 0 Å². The molecule has 0 saturated heterocycles. The van der Waals surface area contributed by atoms with Gasteiger partial charge in [0.15, 0.2) is 0 Å². The van der Waals surface area contributed by atoms with E-state index in [0.717, 1.165) is 24.1 Å². The molecule has 0 amide bonds. The van der Waals surface area contributed by atoms with Crippen LogP contribution in [0.5, 0.6) is 0 Å². The SMILES string of the molecule is OC1(c2ccc(-n3cncn3)c(Cl)c2)CC1. The molecule has 0 bridgehead atoms. The van der Waals surface area contributed by atoms with Gasteiger partial charge in [-0.2, -0.15) is 5.10 Å². The second-order valence-corrected chi connectivity index (χ2v) is 4.45. The molecule has 5 heteroatoms. The van der Waals surface area contributed by atoms with Gasteiger partial charge in [0.1, 0.15) is 12.7 Å². The van der Waals surface area contributed by atoms with Gasteiger partial charge >= 0.3 is 0 Å². The smallest absolute Gasteiger partial charge is 0.138 e. The van der Waals surface area contributed by atoms with Gasteiger partial charge in [-0.25, -0.2) is 9.67 Å². The Kier molecular flexibility index (Phi) is 2.02. The van der Waals surface area contributed by atoms with E-state index >= 15 is 0 Å². The molecule has 0 atom stereocenters. The Hall–Kier alpha value is -1.39. The largest absolute Gasteiger partial charge is 0.385 e. The van der Waals surface area contributed by atoms with Crippen LogP contribution in [0.25, 0.3) is 5.69 Å². The van der Waals surface area contributed by atoms with Gasteiger partial charge in [-0.1, -0.05) is 17.7 Å². The van der Waals surface area contributed by atoms with Gasteiger partial charge in [0.25, 0.3) is 0 Å². The highest BCUT2D eigenvalue weighted by atomic mass is 35.5. The number of benzene rings is 1. The average Bonchev–Trinajstić information content (AvgIpc) is 2.82. The number of hydrogen-bond acceptors (Lipinski definition) is 3. The fraction of sp³-hybridized carbons (Fsp3) is 0.273. The quantitative estimate of drug-likeness (QED) is 0.865. The molecule has 1 fully saturated rings. The van der Waals surface area contributed by atoms with Crippen molar-refractivity contribution in [2.24, 2.45) is 0 Å². The minimum Gasteiger partial charge on any atom is -0.385 e. The van der Waals surface area contributed by atoms with Gasteiger partial charge in [-0.05, 0) is 30.5 Å². The molecular formula is C11H10ClN3O. The highest BCUT2D eigenvalue weighted by molar-refractivity contribution is 6.32. The third-order valence-corrected chi connectivity index (χ3v) is 3.18. The molecule has 16 heavy (non-hydrogen) atoms. The molecule has 1 aromatic carbocycles. The van der Waals surface area contributed by atoms with E-state index < -0.39 is 5.60 Å². The number of hydrogen-bond donors (Lipinski definition) is 1. The maximum atomic E-state index is 9.95. The fourth-order valence-electron chi connectivity index (χ4n) is 1.72. The zero-order valence-electron chi connectivity index (χ0n) is 8.47. The highest BCUT2D eigenvalue weighted by Crippen LogP contribution is 2.46. The molecule has 1 aliphatic carbocycles. The Morgan fingerprint density at radius 2 is 2.19 bits per heavy atom. The molecule has 0 spiro atoms. The molecule has 0 aliphatic heterocycles. The highest BCUT2D eigenvalue weighted by Gasteiger charge is 2.42. The Balaban J connectivity index is 2.04. The Labute approximate surface area is 97.5 Å². The Morgan fingerprint density at radius 3 is 2.75 bits per heavy atom. The Bertz CT molecular complexity index is 520. The topological polar surface area (TPSA) is 50.9 Å². The van der Waals surface area contributed by atoms with Gasteiger partial charge < -0.3 is 5.11 Å². The molecule has 2 aromatic rings. The van der Waals surface area contributed by atoms with Crippen LogP contribution in [0.4, 0.5) is 0 Å². The standard InChI is InChI=1S/C11H10ClN3O/c12-9-5-8(11(16)3-4-11)1-2-10(9)15-7-13-6-14-15/h1-2,5-7,16H,3-4H2. The summed E-state index contributed by atoms with van der Waals surface area (Å²) >= 11 is 6.15. The number of rotatable bonds is 2. The number of nitrogens with zero attached hydrogens (tertiary/aromatic N) is 3. The molecule has 1 aromatic heterocycles. The third kappa shape index (κ3) is 1.50. The van der Waals surface area contributed by atoms with E-state index in [2.05, 4.69) is 10.1 Å². The van der Waals surface area contributed by atoms with Crippen molar-refractivity contribution >= 4 is 11.6 Å². The van der Waals surface area contributed by atoms with Gasteiger partial charge in [-0.3, -0.25) is 0 Å². The van der Waals surface area contributed by atoms with Gasteiger partial charge in [-0.15, -0.1) is 0 Å². The van der Waals surface area contributed by atoms with Crippen molar-refractivity contribution in [1.82, 2.24) is 14.8 Å². The van der Waals surface area contributed by atoms with Crippen LogP contribution < -0.4 is 0 Å². The van der Waals surface area contributed by atoms with Crippen molar-refractivity contribution in [3.8, 4) is 5.69 Å². The maximum absolute atomic E-state index is 9.95. The summed E-state index contributed by atoms with van der Waals surface area (Å²) in [4.78, 5) is 3.87. The van der Waals surface area contributed by atoms with E-state index in [1.165, 1.54) is 6.33 Å². The first kappa shape index (κ1) is 9.81. The predicted octanol–water partition coefficient (Wildman–Crippen LogP) is 1.90. The summed E-state index contributed by atoms with van der Waals surface area (Å²) in [6.45, 7) is 0. The average molecular weight is 236 g/mol. The molecule has 1 saturated carbocycles. The van der Waals surface area contributed by atoms with E-state index in [4.69, 9.17) is 11.6 Å². The molecule has 0 unspecified atom stereocenters. The van der Waals surface area contributed by atoms with Crippen LogP contribution in [0.15, 0.2) is 30.9 Å². The van der Waals surface area contributed by atoms with Crippen molar-refractivity contribution in [1.29, 1.82) is 0 Å². The van der Waals surface area contributed by atoms with Crippen molar-refractivity contribution in [3.63, 3.8) is 0 Å². The second-order valence-electron chi connectivity index (χ2n) is 4.04. The first-order valence-corrected chi connectivity index (χ1v) is 5.44. The third-order valence-electron chi connectivity index (χ3n) is 2.87. The number of halogens is 1. The molecule has 3 rings (SSSR count). The van der Waals surface area contributed by atoms with Gasteiger partial charge in [0, 0.05) is 0 Å². The zero-order valence-corrected chi connectivity index (χ0v) is 9.22. The predicted molar refractivity (Wildman–Crippen MR) is 59.5 cm³/mol. The molecule has 1 N–H and O–H groups in total. The molecule has 1 heterocycles. The second kappa shape index (κ2) is 3.30. The van der Waals surface area contributed by atoms with Gasteiger partial charge in [0.2, 0.25) is 0 Å². The van der Waals surface area contributed by atoms with Crippen LogP contribution in [0.1, 0.15) is 18.4 Å². The van der Waals surface area contributed by atoms with E-state index in [1.54, 1.807) is 17.1 Å². The lowest BCUT2D eigenvalue weighted by atomic mass is 10.1. The van der Waals surface area contributed by atoms with Crippen LogP contribution >= 0.6 is 11.6 Å². The van der Waals surface area contributed by atoms with Crippen molar-refractivity contribution < 1.29 is 5.11 Å². The number of aromatic nitrogens is 3. The summed E-state index contributed by atoms with van der Waals surface area (Å²) in [6.07, 6.45) is 4.67. The summed E-state index contributed by atoms with van der Waals surface area (Å²) in [5.74, 6) is 0. The van der Waals surface area contributed by atoms with Crippen LogP contribution in [-0.2, 0) is 5.60 Å². The van der Waals surface area contributed by atoms with E-state index in [0.29, 0.717) is 5.02 Å². The lowest BCUT2D eigenvalue weighted by Gasteiger charge is -2.10. The zero-order chi connectivity index (χ0) is 11.2. The normalized spacial score (nSPS) is 17.4. The van der Waals surface area contributed by atoms with Gasteiger partial charge in [0.05, 0.1) is 16.3 Å². The summed E-state index contributed by atoms with van der Waals surface area (Å²) in [5.41, 5.74) is 0.999. The van der Waals surface area contributed by atoms with Crippen LogP contribution in [-0.4, -0.2) is 19.9 Å². The molecular weight excluding hydrogens is 226 g/mol. The lowest BCUT2D eigenvalue weighted by molar-refractivity contribution is 0.151. The molecule has 82 valence electrons. The van der Waals surface area contributed by atoms with Crippen LogP contribution in [0.3, 0.4) is 0 Å². The molecule has 4 nitrogen and oxygen atoms in total. The van der Waals surface area contributed by atoms with Crippen LogP contribution in [0.2, 0.25) is 5.02 Å². The van der Waals surface area contributed by atoms with E-state index in [1.807, 2.05) is 12.1 Å². The monoisotopic (exact) mass is 235 g/mol. The summed E-state index contributed by atoms with van der Waals surface area (Å²) in [7, 11) is 0. The number of aliphatic hydroxyl groups is 1. The van der Waals surface area contributed by atoms with Crippen molar-refractivity contribution in [2.45, 2.75) is 18.4 Å². The molecule has 0 radical (unpaired) electrons. The first-order valence-electron chi connectivity index (χ1n) is 5.06. The fourth-order valence-corrected chi connectivity index (χ4v) is 1.99. The van der Waals surface area contributed by atoms with Crippen LogP contribution in [0, 0.1) is 0 Å². The summed E-state index contributed by atoms with van der Waals surface area (Å²) in [6, 6.07) is 5.53. The minimum atomic E-state index is -0.648.